The number of nitrogens with zero attached hydrogens (tertiary/aromatic N) is 1. The van der Waals surface area contributed by atoms with E-state index in [1.165, 1.54) is 5.56 Å². The SMILES string of the molecule is CC(C)c1cccc(NC(N)=NCCC2(C)OCCO2)c1.I. The van der Waals surface area contributed by atoms with Crippen LogP contribution in [0.4, 0.5) is 5.69 Å². The van der Waals surface area contributed by atoms with Crippen LogP contribution in [-0.2, 0) is 9.47 Å². The molecule has 0 bridgehead atoms. The molecule has 1 aliphatic heterocycles. The van der Waals surface area contributed by atoms with Crippen molar-refractivity contribution in [3.05, 3.63) is 29.8 Å². The average Bonchev–Trinajstić information content (AvgIpc) is 2.86. The summed E-state index contributed by atoms with van der Waals surface area (Å²) in [6.45, 7) is 8.13. The molecule has 0 unspecified atom stereocenters. The van der Waals surface area contributed by atoms with E-state index in [2.05, 4.69) is 36.3 Å². The first-order valence-electron chi connectivity index (χ1n) is 7.43. The number of nitrogens with two attached hydrogens (primary N) is 1. The summed E-state index contributed by atoms with van der Waals surface area (Å²) < 4.78 is 11.1. The van der Waals surface area contributed by atoms with Crippen molar-refractivity contribution in [1.82, 2.24) is 0 Å². The van der Waals surface area contributed by atoms with Crippen molar-refractivity contribution in [3.8, 4) is 0 Å². The van der Waals surface area contributed by atoms with Gasteiger partial charge in [-0.05, 0) is 30.5 Å². The molecule has 0 aliphatic carbocycles. The minimum atomic E-state index is -0.513. The number of benzene rings is 1. The van der Waals surface area contributed by atoms with E-state index in [0.29, 0.717) is 38.1 Å². The van der Waals surface area contributed by atoms with Gasteiger partial charge in [-0.15, -0.1) is 24.0 Å². The highest BCUT2D eigenvalue weighted by Gasteiger charge is 2.30. The molecule has 0 aromatic heterocycles. The van der Waals surface area contributed by atoms with Crippen molar-refractivity contribution in [2.75, 3.05) is 25.1 Å². The molecule has 2 rings (SSSR count). The molecule has 0 radical (unpaired) electrons. The van der Waals surface area contributed by atoms with Crippen molar-refractivity contribution in [3.63, 3.8) is 0 Å². The third-order valence-corrected chi connectivity index (χ3v) is 3.57. The van der Waals surface area contributed by atoms with Gasteiger partial charge in [-0.2, -0.15) is 0 Å². The molecule has 5 nitrogen and oxygen atoms in total. The average molecular weight is 419 g/mol. The fraction of sp³-hybridized carbons (Fsp3) is 0.562. The smallest absolute Gasteiger partial charge is 0.193 e. The molecule has 22 heavy (non-hydrogen) atoms. The van der Waals surface area contributed by atoms with Gasteiger partial charge in [-0.3, -0.25) is 4.99 Å². The van der Waals surface area contributed by atoms with Gasteiger partial charge in [0.05, 0.1) is 13.2 Å². The number of halogens is 1. The topological polar surface area (TPSA) is 68.9 Å². The minimum absolute atomic E-state index is 0. The molecule has 6 heteroatoms. The van der Waals surface area contributed by atoms with Gasteiger partial charge in [0.15, 0.2) is 11.7 Å². The highest BCUT2D eigenvalue weighted by atomic mass is 127. The highest BCUT2D eigenvalue weighted by molar-refractivity contribution is 14.0. The van der Waals surface area contributed by atoms with E-state index in [9.17, 15) is 0 Å². The van der Waals surface area contributed by atoms with Gasteiger partial charge in [-0.1, -0.05) is 26.0 Å². The van der Waals surface area contributed by atoms with Crippen molar-refractivity contribution in [2.24, 2.45) is 10.7 Å². The van der Waals surface area contributed by atoms with Gasteiger partial charge in [0.25, 0.3) is 0 Å². The summed E-state index contributed by atoms with van der Waals surface area (Å²) in [4.78, 5) is 4.33. The lowest BCUT2D eigenvalue weighted by molar-refractivity contribution is -0.144. The third-order valence-electron chi connectivity index (χ3n) is 3.57. The number of hydrogen-bond acceptors (Lipinski definition) is 3. The molecular weight excluding hydrogens is 393 g/mol. The van der Waals surface area contributed by atoms with E-state index in [0.717, 1.165) is 5.69 Å². The molecule has 1 aromatic rings. The summed E-state index contributed by atoms with van der Waals surface area (Å²) in [5, 5.41) is 3.12. The number of guanidine groups is 1. The zero-order chi connectivity index (χ0) is 15.3. The Morgan fingerprint density at radius 3 is 2.68 bits per heavy atom. The normalized spacial score (nSPS) is 17.4. The van der Waals surface area contributed by atoms with Gasteiger partial charge in [0.1, 0.15) is 0 Å². The Labute approximate surface area is 149 Å². The maximum absolute atomic E-state index is 5.92. The number of anilines is 1. The lowest BCUT2D eigenvalue weighted by Gasteiger charge is -2.20. The Morgan fingerprint density at radius 1 is 1.36 bits per heavy atom. The zero-order valence-electron chi connectivity index (χ0n) is 13.5. The van der Waals surface area contributed by atoms with Crippen LogP contribution in [0, 0.1) is 0 Å². The molecule has 3 N–H and O–H groups in total. The quantitative estimate of drug-likeness (QED) is 0.437. The molecule has 0 spiro atoms. The van der Waals surface area contributed by atoms with Crippen LogP contribution < -0.4 is 11.1 Å². The largest absolute Gasteiger partial charge is 0.370 e. The zero-order valence-corrected chi connectivity index (χ0v) is 15.8. The second kappa shape index (κ2) is 8.69. The molecular formula is C16H26IN3O2. The van der Waals surface area contributed by atoms with Crippen molar-refractivity contribution < 1.29 is 9.47 Å². The summed E-state index contributed by atoms with van der Waals surface area (Å²) >= 11 is 0. The van der Waals surface area contributed by atoms with Crippen molar-refractivity contribution in [2.45, 2.75) is 38.9 Å². The Balaban J connectivity index is 0.00000242. The predicted octanol–water partition coefficient (Wildman–Crippen LogP) is 3.31. The number of rotatable bonds is 5. The maximum Gasteiger partial charge on any atom is 0.193 e. The van der Waals surface area contributed by atoms with E-state index in [-0.39, 0.29) is 24.0 Å². The Kier molecular flexibility index (Phi) is 7.58. The van der Waals surface area contributed by atoms with Gasteiger partial charge in [0.2, 0.25) is 0 Å². The molecule has 1 fully saturated rings. The summed E-state index contributed by atoms with van der Waals surface area (Å²) in [6, 6.07) is 8.21. The van der Waals surface area contributed by atoms with Crippen LogP contribution in [0.2, 0.25) is 0 Å². The number of hydrogen-bond donors (Lipinski definition) is 2. The lowest BCUT2D eigenvalue weighted by Crippen LogP contribution is -2.28. The van der Waals surface area contributed by atoms with Crippen LogP contribution in [0.3, 0.4) is 0 Å². The molecule has 0 atom stereocenters. The number of aliphatic imine (C=N–C) groups is 1. The fourth-order valence-corrected chi connectivity index (χ4v) is 2.24. The van der Waals surface area contributed by atoms with Crippen LogP contribution in [0.1, 0.15) is 38.7 Å². The van der Waals surface area contributed by atoms with Crippen molar-refractivity contribution >= 4 is 35.6 Å². The monoisotopic (exact) mass is 419 g/mol. The molecule has 124 valence electrons. The lowest BCUT2D eigenvalue weighted by atomic mass is 10.0. The van der Waals surface area contributed by atoms with Crippen molar-refractivity contribution in [1.29, 1.82) is 0 Å². The summed E-state index contributed by atoms with van der Waals surface area (Å²) in [5.41, 5.74) is 8.15. The van der Waals surface area contributed by atoms with Gasteiger partial charge in [0, 0.05) is 18.7 Å². The predicted molar refractivity (Wildman–Crippen MR) is 101 cm³/mol. The highest BCUT2D eigenvalue weighted by Crippen LogP contribution is 2.22. The minimum Gasteiger partial charge on any atom is -0.370 e. The van der Waals surface area contributed by atoms with Gasteiger partial charge < -0.3 is 20.5 Å². The molecule has 1 heterocycles. The Bertz CT molecular complexity index is 500. The van der Waals surface area contributed by atoms with E-state index < -0.39 is 5.79 Å². The summed E-state index contributed by atoms with van der Waals surface area (Å²) in [5.74, 6) is 0.389. The molecule has 1 aliphatic rings. The van der Waals surface area contributed by atoms with E-state index in [1.54, 1.807) is 0 Å². The maximum atomic E-state index is 5.92. The molecule has 0 saturated carbocycles. The van der Waals surface area contributed by atoms with Crippen LogP contribution in [0.5, 0.6) is 0 Å². The molecule has 1 saturated heterocycles. The Morgan fingerprint density at radius 2 is 2.05 bits per heavy atom. The fourth-order valence-electron chi connectivity index (χ4n) is 2.24. The first-order valence-corrected chi connectivity index (χ1v) is 7.43. The summed E-state index contributed by atoms with van der Waals surface area (Å²) in [7, 11) is 0. The Hall–Kier alpha value is -0.860. The third kappa shape index (κ3) is 5.73. The molecule has 0 amide bonds. The first kappa shape index (κ1) is 19.2. The summed E-state index contributed by atoms with van der Waals surface area (Å²) in [6.07, 6.45) is 0.696. The van der Waals surface area contributed by atoms with E-state index in [1.807, 2.05) is 19.1 Å². The van der Waals surface area contributed by atoms with Crippen LogP contribution in [0.15, 0.2) is 29.3 Å². The van der Waals surface area contributed by atoms with Crippen LogP contribution >= 0.6 is 24.0 Å². The molecule has 1 aromatic carbocycles. The number of ether oxygens (including phenoxy) is 2. The number of nitrogens with one attached hydrogen (secondary N) is 1. The second-order valence-electron chi connectivity index (χ2n) is 5.75. The first-order chi connectivity index (χ1) is 9.98. The second-order valence-corrected chi connectivity index (χ2v) is 5.75. The van der Waals surface area contributed by atoms with Gasteiger partial charge in [-0.25, -0.2) is 0 Å². The standard InChI is InChI=1S/C16H25N3O2.HI/c1-12(2)13-5-4-6-14(11-13)19-15(17)18-8-7-16(3)20-9-10-21-16;/h4-6,11-12H,7-10H2,1-3H3,(H3,17,18,19);1H. The van der Waals surface area contributed by atoms with Crippen LogP contribution in [0.25, 0.3) is 0 Å². The van der Waals surface area contributed by atoms with E-state index in [4.69, 9.17) is 15.2 Å². The van der Waals surface area contributed by atoms with Crippen LogP contribution in [-0.4, -0.2) is 31.5 Å². The van der Waals surface area contributed by atoms with Gasteiger partial charge >= 0.3 is 0 Å². The van der Waals surface area contributed by atoms with E-state index >= 15 is 0 Å².